The van der Waals surface area contributed by atoms with Crippen LogP contribution in [-0.2, 0) is 11.3 Å². The Balaban J connectivity index is 2.03. The van der Waals surface area contributed by atoms with Crippen LogP contribution in [0.2, 0.25) is 0 Å². The van der Waals surface area contributed by atoms with Crippen molar-refractivity contribution >= 4 is 5.91 Å². The van der Waals surface area contributed by atoms with E-state index in [1.807, 2.05) is 7.05 Å². The highest BCUT2D eigenvalue weighted by Gasteiger charge is 2.42. The number of likely N-dealkylation sites (N-methyl/N-ethyl adjacent to an activating group) is 1. The van der Waals surface area contributed by atoms with Gasteiger partial charge < -0.3 is 20.0 Å². The van der Waals surface area contributed by atoms with Gasteiger partial charge in [0, 0.05) is 26.2 Å². The van der Waals surface area contributed by atoms with Gasteiger partial charge in [0.25, 0.3) is 5.91 Å². The zero-order valence-corrected chi connectivity index (χ0v) is 15.0. The molecule has 0 radical (unpaired) electrons. The van der Waals surface area contributed by atoms with Crippen LogP contribution < -0.4 is 0 Å². The first-order chi connectivity index (χ1) is 11.4. The first kappa shape index (κ1) is 18.9. The van der Waals surface area contributed by atoms with Crippen LogP contribution in [0.3, 0.4) is 0 Å². The van der Waals surface area contributed by atoms with Gasteiger partial charge >= 0.3 is 0 Å². The number of aliphatic hydroxyl groups is 2. The second-order valence-electron chi connectivity index (χ2n) is 7.22. The highest BCUT2D eigenvalue weighted by Crippen LogP contribution is 2.25. The number of likely N-dealkylation sites (tertiary alicyclic amines) is 1. The molecule has 1 aromatic rings. The Hall–Kier alpha value is -1.43. The average molecular weight is 334 g/mol. The Morgan fingerprint density at radius 2 is 1.96 bits per heavy atom. The molecule has 1 heterocycles. The Morgan fingerprint density at radius 1 is 1.29 bits per heavy atom. The first-order valence-corrected chi connectivity index (χ1v) is 8.76. The maximum absolute atomic E-state index is 12.8. The molecule has 2 N–H and O–H groups in total. The SMILES string of the molecule is CC(C)c1ccc(CN2CCC[C@](O)(CN(C)CCO)C2=O)cc1. The van der Waals surface area contributed by atoms with E-state index in [4.69, 9.17) is 5.11 Å². The van der Waals surface area contributed by atoms with Crippen molar-refractivity contribution in [2.24, 2.45) is 0 Å². The van der Waals surface area contributed by atoms with E-state index >= 15 is 0 Å². The molecule has 2 rings (SSSR count). The molecule has 24 heavy (non-hydrogen) atoms. The zero-order chi connectivity index (χ0) is 17.7. The van der Waals surface area contributed by atoms with Crippen molar-refractivity contribution in [1.82, 2.24) is 9.80 Å². The Labute approximate surface area is 144 Å². The molecule has 134 valence electrons. The number of piperidine rings is 1. The number of rotatable bonds is 7. The van der Waals surface area contributed by atoms with Gasteiger partial charge in [0.05, 0.1) is 6.61 Å². The summed E-state index contributed by atoms with van der Waals surface area (Å²) in [7, 11) is 1.81. The number of carbonyl (C=O) groups is 1. The summed E-state index contributed by atoms with van der Waals surface area (Å²) in [5.41, 5.74) is 1.02. The molecule has 1 aromatic carbocycles. The van der Waals surface area contributed by atoms with Crippen LogP contribution in [0.15, 0.2) is 24.3 Å². The predicted octanol–water partition coefficient (Wildman–Crippen LogP) is 1.59. The van der Waals surface area contributed by atoms with Gasteiger partial charge in [-0.25, -0.2) is 0 Å². The molecule has 1 amide bonds. The molecule has 0 aliphatic carbocycles. The lowest BCUT2D eigenvalue weighted by atomic mass is 9.90. The molecule has 0 aromatic heterocycles. The van der Waals surface area contributed by atoms with E-state index in [0.29, 0.717) is 32.0 Å². The normalized spacial score (nSPS) is 21.8. The van der Waals surface area contributed by atoms with Crippen molar-refractivity contribution in [3.63, 3.8) is 0 Å². The number of hydrogen-bond donors (Lipinski definition) is 2. The summed E-state index contributed by atoms with van der Waals surface area (Å²) >= 11 is 0. The number of nitrogens with zero attached hydrogens (tertiary/aromatic N) is 2. The van der Waals surface area contributed by atoms with Crippen molar-refractivity contribution in [3.05, 3.63) is 35.4 Å². The lowest BCUT2D eigenvalue weighted by Gasteiger charge is -2.40. The summed E-state index contributed by atoms with van der Waals surface area (Å²) in [4.78, 5) is 16.3. The summed E-state index contributed by atoms with van der Waals surface area (Å²) in [5, 5.41) is 19.8. The lowest BCUT2D eigenvalue weighted by Crippen LogP contribution is -2.58. The van der Waals surface area contributed by atoms with Gasteiger partial charge in [0.15, 0.2) is 5.60 Å². The van der Waals surface area contributed by atoms with Gasteiger partial charge in [0.1, 0.15) is 0 Å². The molecule has 1 saturated heterocycles. The second-order valence-corrected chi connectivity index (χ2v) is 7.22. The quantitative estimate of drug-likeness (QED) is 0.795. The summed E-state index contributed by atoms with van der Waals surface area (Å²) in [6.45, 7) is 6.26. The van der Waals surface area contributed by atoms with Crippen LogP contribution in [0.25, 0.3) is 0 Å². The van der Waals surface area contributed by atoms with Gasteiger partial charge in [0.2, 0.25) is 0 Å². The van der Waals surface area contributed by atoms with E-state index < -0.39 is 5.60 Å². The van der Waals surface area contributed by atoms with Gasteiger partial charge in [-0.2, -0.15) is 0 Å². The topological polar surface area (TPSA) is 64.0 Å². The van der Waals surface area contributed by atoms with Gasteiger partial charge in [-0.1, -0.05) is 38.1 Å². The highest BCUT2D eigenvalue weighted by molar-refractivity contribution is 5.86. The molecule has 1 aliphatic heterocycles. The number of benzene rings is 1. The van der Waals surface area contributed by atoms with Crippen LogP contribution in [0.5, 0.6) is 0 Å². The molecule has 5 heteroatoms. The van der Waals surface area contributed by atoms with Gasteiger partial charge in [-0.3, -0.25) is 4.79 Å². The van der Waals surface area contributed by atoms with Crippen molar-refractivity contribution < 1.29 is 15.0 Å². The standard InChI is InChI=1S/C19H30N2O3/c1-15(2)17-7-5-16(6-8-17)13-21-10-4-9-19(24,18(21)23)14-20(3)11-12-22/h5-8,15,22,24H,4,9-14H2,1-3H3/t19-/m0/s1. The minimum Gasteiger partial charge on any atom is -0.395 e. The van der Waals surface area contributed by atoms with Crippen LogP contribution in [-0.4, -0.2) is 64.8 Å². The van der Waals surface area contributed by atoms with E-state index in [2.05, 4.69) is 38.1 Å². The number of carbonyl (C=O) groups excluding carboxylic acids is 1. The van der Waals surface area contributed by atoms with Crippen LogP contribution >= 0.6 is 0 Å². The van der Waals surface area contributed by atoms with Gasteiger partial charge in [-0.15, -0.1) is 0 Å². The molecular formula is C19H30N2O3. The molecule has 1 atom stereocenters. The summed E-state index contributed by atoms with van der Waals surface area (Å²) in [5.74, 6) is 0.286. The molecule has 1 aliphatic rings. The summed E-state index contributed by atoms with van der Waals surface area (Å²) in [6.07, 6.45) is 1.27. The van der Waals surface area contributed by atoms with Crippen LogP contribution in [0.1, 0.15) is 43.7 Å². The highest BCUT2D eigenvalue weighted by atomic mass is 16.3. The van der Waals surface area contributed by atoms with Crippen molar-refractivity contribution in [1.29, 1.82) is 0 Å². The fourth-order valence-corrected chi connectivity index (χ4v) is 3.29. The van der Waals surface area contributed by atoms with E-state index in [1.165, 1.54) is 5.56 Å². The largest absolute Gasteiger partial charge is 0.395 e. The van der Waals surface area contributed by atoms with E-state index in [0.717, 1.165) is 12.0 Å². The number of amides is 1. The fraction of sp³-hybridized carbons (Fsp3) is 0.632. The maximum Gasteiger partial charge on any atom is 0.256 e. The minimum absolute atomic E-state index is 0.0205. The number of hydrogen-bond acceptors (Lipinski definition) is 4. The molecule has 0 unspecified atom stereocenters. The third-order valence-corrected chi connectivity index (χ3v) is 4.74. The summed E-state index contributed by atoms with van der Waals surface area (Å²) in [6, 6.07) is 8.34. The molecular weight excluding hydrogens is 304 g/mol. The number of aliphatic hydroxyl groups excluding tert-OH is 1. The smallest absolute Gasteiger partial charge is 0.256 e. The van der Waals surface area contributed by atoms with E-state index in [-0.39, 0.29) is 19.1 Å². The Morgan fingerprint density at radius 3 is 2.54 bits per heavy atom. The molecule has 5 nitrogen and oxygen atoms in total. The fourth-order valence-electron chi connectivity index (χ4n) is 3.29. The minimum atomic E-state index is -1.35. The summed E-state index contributed by atoms with van der Waals surface area (Å²) < 4.78 is 0. The molecule has 0 bridgehead atoms. The lowest BCUT2D eigenvalue weighted by molar-refractivity contribution is -0.160. The van der Waals surface area contributed by atoms with Gasteiger partial charge in [-0.05, 0) is 36.9 Å². The van der Waals surface area contributed by atoms with Crippen molar-refractivity contribution in [3.8, 4) is 0 Å². The first-order valence-electron chi connectivity index (χ1n) is 8.76. The second kappa shape index (κ2) is 8.10. The third kappa shape index (κ3) is 4.56. The van der Waals surface area contributed by atoms with E-state index in [9.17, 15) is 9.90 Å². The predicted molar refractivity (Wildman–Crippen MR) is 94.7 cm³/mol. The molecule has 0 spiro atoms. The molecule has 0 saturated carbocycles. The average Bonchev–Trinajstić information content (AvgIpc) is 2.52. The van der Waals surface area contributed by atoms with Crippen LogP contribution in [0.4, 0.5) is 0 Å². The van der Waals surface area contributed by atoms with E-state index in [1.54, 1.807) is 9.80 Å². The van der Waals surface area contributed by atoms with Crippen molar-refractivity contribution in [2.75, 3.05) is 33.3 Å². The monoisotopic (exact) mass is 334 g/mol. The Bertz CT molecular complexity index is 544. The molecule has 1 fully saturated rings. The third-order valence-electron chi connectivity index (χ3n) is 4.74. The van der Waals surface area contributed by atoms with Crippen LogP contribution in [0, 0.1) is 0 Å². The zero-order valence-electron chi connectivity index (χ0n) is 15.0. The maximum atomic E-state index is 12.8. The van der Waals surface area contributed by atoms with Crippen molar-refractivity contribution in [2.45, 2.75) is 44.8 Å². The Kier molecular flexibility index (Phi) is 6.38.